The molecule has 9 heteroatoms. The maximum absolute atomic E-state index is 11.3. The number of anilines is 2. The molecular weight excluding hydrogens is 274 g/mol. The van der Waals surface area contributed by atoms with Crippen molar-refractivity contribution in [3.8, 4) is 0 Å². The molecule has 21 heavy (non-hydrogen) atoms. The molecule has 0 fully saturated rings. The molecule has 0 aliphatic carbocycles. The maximum atomic E-state index is 11.3. The van der Waals surface area contributed by atoms with Crippen molar-refractivity contribution in [1.82, 2.24) is 14.9 Å². The fourth-order valence-electron chi connectivity index (χ4n) is 2.33. The number of rotatable bonds is 7. The standard InChI is InChI=1S/C12H23N7O2/c1-6-18(8(2)7-17(4)5)11-10(19(20)21)9(3)14-12(15-11)16-13/h8H,6-7,13H2,1-5H3,(H,14,15,16). The van der Waals surface area contributed by atoms with Crippen LogP contribution in [-0.4, -0.2) is 53.0 Å². The van der Waals surface area contributed by atoms with Crippen molar-refractivity contribution in [3.63, 3.8) is 0 Å². The van der Waals surface area contributed by atoms with E-state index in [1.165, 1.54) is 0 Å². The molecule has 0 amide bonds. The Labute approximate surface area is 124 Å². The number of nitrogens with zero attached hydrogens (tertiary/aromatic N) is 5. The van der Waals surface area contributed by atoms with Crippen LogP contribution in [0.25, 0.3) is 0 Å². The fourth-order valence-corrected chi connectivity index (χ4v) is 2.33. The van der Waals surface area contributed by atoms with Crippen molar-refractivity contribution in [1.29, 1.82) is 0 Å². The van der Waals surface area contributed by atoms with Gasteiger partial charge < -0.3 is 9.80 Å². The molecule has 1 rings (SSSR count). The van der Waals surface area contributed by atoms with Gasteiger partial charge in [0.2, 0.25) is 11.8 Å². The Morgan fingerprint density at radius 1 is 1.43 bits per heavy atom. The number of hydrogen-bond acceptors (Lipinski definition) is 8. The minimum Gasteiger partial charge on any atom is -0.347 e. The van der Waals surface area contributed by atoms with E-state index in [0.29, 0.717) is 6.54 Å². The first kappa shape index (κ1) is 17.1. The first-order valence-electron chi connectivity index (χ1n) is 6.72. The van der Waals surface area contributed by atoms with E-state index in [4.69, 9.17) is 5.84 Å². The lowest BCUT2D eigenvalue weighted by atomic mass is 10.2. The lowest BCUT2D eigenvalue weighted by Crippen LogP contribution is -2.41. The Kier molecular flexibility index (Phi) is 5.79. The second-order valence-electron chi connectivity index (χ2n) is 5.10. The molecule has 0 spiro atoms. The predicted octanol–water partition coefficient (Wildman–Crippen LogP) is 0.755. The molecule has 0 radical (unpaired) electrons. The van der Waals surface area contributed by atoms with Crippen LogP contribution < -0.4 is 16.2 Å². The van der Waals surface area contributed by atoms with Crippen LogP contribution in [0.1, 0.15) is 19.5 Å². The van der Waals surface area contributed by atoms with Gasteiger partial charge in [-0.05, 0) is 34.9 Å². The molecule has 0 aliphatic rings. The minimum absolute atomic E-state index is 0.0589. The van der Waals surface area contributed by atoms with Gasteiger partial charge >= 0.3 is 5.69 Å². The van der Waals surface area contributed by atoms with Crippen LogP contribution in [0.5, 0.6) is 0 Å². The molecular formula is C12H23N7O2. The highest BCUT2D eigenvalue weighted by Gasteiger charge is 2.28. The van der Waals surface area contributed by atoms with Crippen molar-refractivity contribution < 1.29 is 4.92 Å². The zero-order chi connectivity index (χ0) is 16.2. The van der Waals surface area contributed by atoms with E-state index < -0.39 is 4.92 Å². The van der Waals surface area contributed by atoms with Gasteiger partial charge in [0.05, 0.1) is 4.92 Å². The minimum atomic E-state index is -0.448. The molecule has 0 aromatic carbocycles. The summed E-state index contributed by atoms with van der Waals surface area (Å²) in [5, 5.41) is 11.3. The van der Waals surface area contributed by atoms with Crippen molar-refractivity contribution in [2.75, 3.05) is 37.5 Å². The molecule has 1 atom stereocenters. The highest BCUT2D eigenvalue weighted by atomic mass is 16.6. The van der Waals surface area contributed by atoms with Gasteiger partial charge in [0.15, 0.2) is 0 Å². The summed E-state index contributed by atoms with van der Waals surface area (Å²) < 4.78 is 0. The molecule has 0 saturated carbocycles. The molecule has 1 aromatic rings. The van der Waals surface area contributed by atoms with Gasteiger partial charge in [-0.3, -0.25) is 15.5 Å². The van der Waals surface area contributed by atoms with E-state index in [0.717, 1.165) is 6.54 Å². The number of aromatic nitrogens is 2. The molecule has 1 aromatic heterocycles. The van der Waals surface area contributed by atoms with Gasteiger partial charge in [-0.2, -0.15) is 4.98 Å². The second kappa shape index (κ2) is 7.14. The largest absolute Gasteiger partial charge is 0.347 e. The van der Waals surface area contributed by atoms with Crippen LogP contribution in [0.3, 0.4) is 0 Å². The van der Waals surface area contributed by atoms with E-state index in [2.05, 4.69) is 15.4 Å². The summed E-state index contributed by atoms with van der Waals surface area (Å²) in [6.07, 6.45) is 0. The van der Waals surface area contributed by atoms with Crippen LogP contribution in [0, 0.1) is 17.0 Å². The Morgan fingerprint density at radius 2 is 2.05 bits per heavy atom. The topological polar surface area (TPSA) is 113 Å². The summed E-state index contributed by atoms with van der Waals surface area (Å²) in [7, 11) is 3.91. The summed E-state index contributed by atoms with van der Waals surface area (Å²) >= 11 is 0. The summed E-state index contributed by atoms with van der Waals surface area (Å²) in [6.45, 7) is 6.85. The SMILES string of the molecule is CCN(c1nc(NN)nc(C)c1[N+](=O)[O-])C(C)CN(C)C. The average Bonchev–Trinajstić information content (AvgIpc) is 2.37. The fraction of sp³-hybridized carbons (Fsp3) is 0.667. The smallest absolute Gasteiger partial charge is 0.332 e. The Morgan fingerprint density at radius 3 is 2.48 bits per heavy atom. The molecule has 0 aliphatic heterocycles. The molecule has 118 valence electrons. The van der Waals surface area contributed by atoms with Gasteiger partial charge in [-0.1, -0.05) is 0 Å². The quantitative estimate of drug-likeness (QED) is 0.430. The summed E-state index contributed by atoms with van der Waals surface area (Å²) in [6, 6.07) is 0.0589. The van der Waals surface area contributed by atoms with Crippen molar-refractivity contribution in [2.45, 2.75) is 26.8 Å². The number of nitrogens with one attached hydrogen (secondary N) is 1. The Bertz CT molecular complexity index is 507. The molecule has 0 bridgehead atoms. The van der Waals surface area contributed by atoms with Crippen LogP contribution in [0.2, 0.25) is 0 Å². The maximum Gasteiger partial charge on any atom is 0.332 e. The second-order valence-corrected chi connectivity index (χ2v) is 5.10. The summed E-state index contributed by atoms with van der Waals surface area (Å²) in [5.74, 6) is 5.80. The molecule has 3 N–H and O–H groups in total. The average molecular weight is 297 g/mol. The van der Waals surface area contributed by atoms with E-state index in [1.54, 1.807) is 6.92 Å². The third kappa shape index (κ3) is 3.99. The lowest BCUT2D eigenvalue weighted by molar-refractivity contribution is -0.385. The number of hydrogen-bond donors (Lipinski definition) is 2. The zero-order valence-electron chi connectivity index (χ0n) is 13.1. The Hall–Kier alpha value is -2.00. The number of nitrogens with two attached hydrogens (primary N) is 1. The third-order valence-corrected chi connectivity index (χ3v) is 3.13. The van der Waals surface area contributed by atoms with Crippen molar-refractivity contribution in [3.05, 3.63) is 15.8 Å². The summed E-state index contributed by atoms with van der Waals surface area (Å²) in [4.78, 5) is 23.0. The first-order chi connectivity index (χ1) is 9.81. The van der Waals surface area contributed by atoms with Crippen molar-refractivity contribution >= 4 is 17.5 Å². The highest BCUT2D eigenvalue weighted by molar-refractivity contribution is 5.62. The van der Waals surface area contributed by atoms with E-state index in [-0.39, 0.29) is 29.2 Å². The number of hydrazine groups is 1. The van der Waals surface area contributed by atoms with Crippen LogP contribution in [0.15, 0.2) is 0 Å². The number of likely N-dealkylation sites (N-methyl/N-ethyl adjacent to an activating group) is 2. The van der Waals surface area contributed by atoms with Crippen molar-refractivity contribution in [2.24, 2.45) is 5.84 Å². The van der Waals surface area contributed by atoms with E-state index in [9.17, 15) is 10.1 Å². The monoisotopic (exact) mass is 297 g/mol. The van der Waals surface area contributed by atoms with E-state index >= 15 is 0 Å². The van der Waals surface area contributed by atoms with Crippen LogP contribution in [-0.2, 0) is 0 Å². The van der Waals surface area contributed by atoms with Crippen LogP contribution in [0.4, 0.5) is 17.5 Å². The van der Waals surface area contributed by atoms with Crippen LogP contribution >= 0.6 is 0 Å². The Balaban J connectivity index is 3.35. The lowest BCUT2D eigenvalue weighted by Gasteiger charge is -2.30. The molecule has 1 unspecified atom stereocenters. The van der Waals surface area contributed by atoms with Gasteiger partial charge in [0.25, 0.3) is 0 Å². The number of nitrogen functional groups attached to an aromatic ring is 1. The van der Waals surface area contributed by atoms with Gasteiger partial charge in [-0.25, -0.2) is 10.8 Å². The molecule has 1 heterocycles. The van der Waals surface area contributed by atoms with E-state index in [1.807, 2.05) is 37.7 Å². The van der Waals surface area contributed by atoms with Gasteiger partial charge in [-0.15, -0.1) is 0 Å². The normalized spacial score (nSPS) is 12.3. The predicted molar refractivity (Wildman–Crippen MR) is 82.3 cm³/mol. The third-order valence-electron chi connectivity index (χ3n) is 3.13. The zero-order valence-corrected chi connectivity index (χ0v) is 13.1. The summed E-state index contributed by atoms with van der Waals surface area (Å²) in [5.41, 5.74) is 2.55. The first-order valence-corrected chi connectivity index (χ1v) is 6.72. The highest BCUT2D eigenvalue weighted by Crippen LogP contribution is 2.30. The molecule has 0 saturated heterocycles. The molecule has 9 nitrogen and oxygen atoms in total. The number of nitro groups is 1. The van der Waals surface area contributed by atoms with Gasteiger partial charge in [0, 0.05) is 19.1 Å². The van der Waals surface area contributed by atoms with Gasteiger partial charge in [0.1, 0.15) is 5.69 Å². The number of aryl methyl sites for hydroxylation is 1.